The first kappa shape index (κ1) is 26.2. The van der Waals surface area contributed by atoms with Crippen molar-refractivity contribution in [3.63, 3.8) is 0 Å². The molecule has 0 radical (unpaired) electrons. The lowest BCUT2D eigenvalue weighted by Gasteiger charge is -2.33. The molecule has 198 valence electrons. The number of carbonyl (C=O) groups excluding carboxylic acids is 1. The summed E-state index contributed by atoms with van der Waals surface area (Å²) in [6.45, 7) is 2.09. The molecule has 0 saturated heterocycles. The fourth-order valence-corrected chi connectivity index (χ4v) is 5.57. The Balaban J connectivity index is 1.62. The molecular formula is C30H29ClF2N2O3. The molecular weight excluding hydrogens is 510 g/mol. The molecule has 1 atom stereocenters. The van der Waals surface area contributed by atoms with E-state index in [1.807, 2.05) is 29.7 Å². The second kappa shape index (κ2) is 11.1. The first-order valence-electron chi connectivity index (χ1n) is 12.8. The van der Waals surface area contributed by atoms with Crippen LogP contribution in [0.3, 0.4) is 0 Å². The van der Waals surface area contributed by atoms with Crippen LogP contribution in [-0.2, 0) is 4.74 Å². The number of aromatic nitrogens is 2. The van der Waals surface area contributed by atoms with E-state index in [4.69, 9.17) is 26.1 Å². The molecule has 1 aromatic heterocycles. The van der Waals surface area contributed by atoms with Crippen LogP contribution in [0.25, 0.3) is 22.4 Å². The van der Waals surface area contributed by atoms with Gasteiger partial charge in [0.05, 0.1) is 29.7 Å². The lowest BCUT2D eigenvalue weighted by molar-refractivity contribution is 0.0599. The summed E-state index contributed by atoms with van der Waals surface area (Å²) >= 11 is 6.14. The number of fused-ring (bicyclic) bond motifs is 1. The van der Waals surface area contributed by atoms with Gasteiger partial charge in [0, 0.05) is 28.3 Å². The van der Waals surface area contributed by atoms with Gasteiger partial charge in [-0.25, -0.2) is 18.6 Å². The molecule has 4 aromatic rings. The van der Waals surface area contributed by atoms with Crippen LogP contribution in [0.5, 0.6) is 5.75 Å². The van der Waals surface area contributed by atoms with Crippen LogP contribution >= 0.6 is 11.6 Å². The molecule has 5 rings (SSSR count). The molecule has 1 saturated carbocycles. The fraction of sp³-hybridized carbons (Fsp3) is 0.333. The van der Waals surface area contributed by atoms with E-state index in [0.29, 0.717) is 38.8 Å². The summed E-state index contributed by atoms with van der Waals surface area (Å²) in [6.07, 6.45) is 5.31. The van der Waals surface area contributed by atoms with E-state index in [9.17, 15) is 13.6 Å². The monoisotopic (exact) mass is 538 g/mol. The third-order valence-electron chi connectivity index (χ3n) is 7.46. The van der Waals surface area contributed by atoms with E-state index in [2.05, 4.69) is 0 Å². The van der Waals surface area contributed by atoms with Crippen molar-refractivity contribution in [1.82, 2.24) is 9.55 Å². The number of hydrogen-bond acceptors (Lipinski definition) is 4. The van der Waals surface area contributed by atoms with Gasteiger partial charge < -0.3 is 14.0 Å². The van der Waals surface area contributed by atoms with Crippen molar-refractivity contribution in [3.05, 3.63) is 82.4 Å². The average Bonchev–Trinajstić information content (AvgIpc) is 3.28. The highest BCUT2D eigenvalue weighted by Gasteiger charge is 2.31. The van der Waals surface area contributed by atoms with Crippen molar-refractivity contribution in [3.8, 4) is 17.1 Å². The normalized spacial score (nSPS) is 15.0. The summed E-state index contributed by atoms with van der Waals surface area (Å²) in [5.41, 5.74) is 2.79. The van der Waals surface area contributed by atoms with Crippen molar-refractivity contribution in [2.75, 3.05) is 13.7 Å². The van der Waals surface area contributed by atoms with Crippen LogP contribution in [0.1, 0.15) is 54.1 Å². The van der Waals surface area contributed by atoms with Gasteiger partial charge in [-0.15, -0.1) is 0 Å². The lowest BCUT2D eigenvalue weighted by atomic mass is 9.83. The van der Waals surface area contributed by atoms with Gasteiger partial charge in [0.1, 0.15) is 18.2 Å². The van der Waals surface area contributed by atoms with Crippen LogP contribution in [-0.4, -0.2) is 29.2 Å². The van der Waals surface area contributed by atoms with Gasteiger partial charge in [-0.3, -0.25) is 0 Å². The maximum Gasteiger partial charge on any atom is 0.338 e. The molecule has 0 amide bonds. The van der Waals surface area contributed by atoms with Crippen molar-refractivity contribution in [2.24, 2.45) is 5.92 Å². The fourth-order valence-electron chi connectivity index (χ4n) is 5.45. The standard InChI is InChI=1S/C30H29ClF2N2O3/c1-18-22(30(36)37-2)9-6-10-28(18)38-17-27(19-7-4-3-5-8-19)35-26-16-24(33)23(32)15-25(26)34-29(35)20-11-13-21(31)14-12-20/h6,9-16,19,27H,3-5,7-8,17H2,1-2H3. The number of halogens is 3. The average molecular weight is 539 g/mol. The van der Waals surface area contributed by atoms with Crippen LogP contribution in [0.2, 0.25) is 5.02 Å². The minimum atomic E-state index is -0.939. The predicted octanol–water partition coefficient (Wildman–Crippen LogP) is 7.93. The summed E-state index contributed by atoms with van der Waals surface area (Å²) in [5.74, 6) is -0.884. The topological polar surface area (TPSA) is 53.4 Å². The second-order valence-electron chi connectivity index (χ2n) is 9.76. The number of methoxy groups -OCH3 is 1. The smallest absolute Gasteiger partial charge is 0.338 e. The van der Waals surface area contributed by atoms with Gasteiger partial charge in [-0.05, 0) is 62.1 Å². The van der Waals surface area contributed by atoms with Gasteiger partial charge in [0.2, 0.25) is 0 Å². The molecule has 0 N–H and O–H groups in total. The van der Waals surface area contributed by atoms with Crippen LogP contribution in [0.4, 0.5) is 8.78 Å². The van der Waals surface area contributed by atoms with E-state index in [0.717, 1.165) is 37.3 Å². The van der Waals surface area contributed by atoms with E-state index in [1.54, 1.807) is 24.3 Å². The largest absolute Gasteiger partial charge is 0.491 e. The summed E-state index contributed by atoms with van der Waals surface area (Å²) in [5, 5.41) is 0.585. The number of benzene rings is 3. The quantitative estimate of drug-likeness (QED) is 0.224. The van der Waals surface area contributed by atoms with Gasteiger partial charge in [-0.1, -0.05) is 36.9 Å². The maximum atomic E-state index is 14.5. The summed E-state index contributed by atoms with van der Waals surface area (Å²) in [4.78, 5) is 17.0. The van der Waals surface area contributed by atoms with Crippen LogP contribution in [0.15, 0.2) is 54.6 Å². The molecule has 38 heavy (non-hydrogen) atoms. The molecule has 5 nitrogen and oxygen atoms in total. The first-order valence-corrected chi connectivity index (χ1v) is 13.2. The summed E-state index contributed by atoms with van der Waals surface area (Å²) < 4.78 is 42.1. The number of ether oxygens (including phenoxy) is 2. The Labute approximate surface area is 225 Å². The minimum Gasteiger partial charge on any atom is -0.491 e. The Morgan fingerprint density at radius 1 is 1.08 bits per heavy atom. The lowest BCUT2D eigenvalue weighted by Crippen LogP contribution is -2.28. The Morgan fingerprint density at radius 2 is 1.79 bits per heavy atom. The SMILES string of the molecule is COC(=O)c1cccc(OCC(C2CCCCC2)n2c(-c3ccc(Cl)cc3)nc3cc(F)c(F)cc32)c1C. The number of rotatable bonds is 7. The summed E-state index contributed by atoms with van der Waals surface area (Å²) in [6, 6.07) is 14.7. The van der Waals surface area contributed by atoms with Crippen molar-refractivity contribution < 1.29 is 23.0 Å². The highest BCUT2D eigenvalue weighted by atomic mass is 35.5. The number of esters is 1. The number of hydrogen-bond donors (Lipinski definition) is 0. The third kappa shape index (κ3) is 5.12. The molecule has 0 spiro atoms. The second-order valence-corrected chi connectivity index (χ2v) is 10.2. The molecule has 8 heteroatoms. The van der Waals surface area contributed by atoms with Crippen LogP contribution < -0.4 is 4.74 Å². The van der Waals surface area contributed by atoms with E-state index in [-0.39, 0.29) is 18.6 Å². The zero-order chi connectivity index (χ0) is 26.8. The van der Waals surface area contributed by atoms with Gasteiger partial charge in [-0.2, -0.15) is 0 Å². The number of nitrogens with zero attached hydrogens (tertiary/aromatic N) is 2. The molecule has 0 bridgehead atoms. The Kier molecular flexibility index (Phi) is 7.65. The molecule has 1 aliphatic rings. The van der Waals surface area contributed by atoms with Crippen molar-refractivity contribution in [2.45, 2.75) is 45.1 Å². The highest BCUT2D eigenvalue weighted by Crippen LogP contribution is 2.39. The Bertz CT molecular complexity index is 1460. The molecule has 1 fully saturated rings. The molecule has 1 unspecified atom stereocenters. The van der Waals surface area contributed by atoms with Gasteiger partial charge >= 0.3 is 5.97 Å². The molecule has 1 heterocycles. The predicted molar refractivity (Wildman–Crippen MR) is 144 cm³/mol. The van der Waals surface area contributed by atoms with Gasteiger partial charge in [0.25, 0.3) is 0 Å². The zero-order valence-corrected chi connectivity index (χ0v) is 22.1. The van der Waals surface area contributed by atoms with Crippen molar-refractivity contribution in [1.29, 1.82) is 0 Å². The van der Waals surface area contributed by atoms with Crippen LogP contribution in [0, 0.1) is 24.5 Å². The van der Waals surface area contributed by atoms with E-state index >= 15 is 0 Å². The van der Waals surface area contributed by atoms with E-state index < -0.39 is 17.6 Å². The zero-order valence-electron chi connectivity index (χ0n) is 21.3. The Hall–Kier alpha value is -3.45. The highest BCUT2D eigenvalue weighted by molar-refractivity contribution is 6.30. The maximum absolute atomic E-state index is 14.5. The number of imidazole rings is 1. The van der Waals surface area contributed by atoms with Crippen molar-refractivity contribution >= 4 is 28.6 Å². The summed E-state index contributed by atoms with van der Waals surface area (Å²) in [7, 11) is 1.35. The minimum absolute atomic E-state index is 0.211. The number of carbonyl (C=O) groups is 1. The Morgan fingerprint density at radius 3 is 2.50 bits per heavy atom. The first-order chi connectivity index (χ1) is 18.4. The third-order valence-corrected chi connectivity index (χ3v) is 7.71. The molecule has 1 aliphatic carbocycles. The molecule has 3 aromatic carbocycles. The van der Waals surface area contributed by atoms with E-state index in [1.165, 1.54) is 19.6 Å². The molecule has 0 aliphatic heterocycles. The van der Waals surface area contributed by atoms with Gasteiger partial charge in [0.15, 0.2) is 11.6 Å².